The lowest BCUT2D eigenvalue weighted by molar-refractivity contribution is 0.0504. The summed E-state index contributed by atoms with van der Waals surface area (Å²) in [5.41, 5.74) is 0.990. The molecule has 22 heavy (non-hydrogen) atoms. The van der Waals surface area contributed by atoms with Crippen molar-refractivity contribution in [1.82, 2.24) is 10.2 Å². The van der Waals surface area contributed by atoms with Gasteiger partial charge in [-0.1, -0.05) is 30.3 Å². The largest absolute Gasteiger partial charge is 0.421 e. The molecular weight excluding hydrogens is 280 g/mol. The normalized spacial score (nSPS) is 24.5. The van der Waals surface area contributed by atoms with E-state index in [1.54, 1.807) is 0 Å². The molecule has 0 spiro atoms. The third-order valence-electron chi connectivity index (χ3n) is 4.73. The molecule has 1 aromatic carbocycles. The summed E-state index contributed by atoms with van der Waals surface area (Å²) in [7, 11) is 0. The highest BCUT2D eigenvalue weighted by atomic mass is 16.5. The Morgan fingerprint density at radius 3 is 2.55 bits per heavy atom. The summed E-state index contributed by atoms with van der Waals surface area (Å²) in [4.78, 5) is 0. The van der Waals surface area contributed by atoms with E-state index in [0.717, 1.165) is 32.3 Å². The Labute approximate surface area is 129 Å². The number of ether oxygens (including phenoxy) is 2. The van der Waals surface area contributed by atoms with Gasteiger partial charge in [-0.05, 0) is 31.2 Å². The molecule has 0 N–H and O–H groups in total. The van der Waals surface area contributed by atoms with Crippen LogP contribution in [0.4, 0.5) is 0 Å². The van der Waals surface area contributed by atoms with Gasteiger partial charge in [0.1, 0.15) is 6.10 Å². The van der Waals surface area contributed by atoms with E-state index < -0.39 is 0 Å². The summed E-state index contributed by atoms with van der Waals surface area (Å²) in [5.74, 6) is 1.32. The zero-order chi connectivity index (χ0) is 14.8. The molecule has 2 aliphatic rings. The third-order valence-corrected chi connectivity index (χ3v) is 4.73. The summed E-state index contributed by atoms with van der Waals surface area (Å²) in [6.07, 6.45) is 3.71. The second-order valence-electron chi connectivity index (χ2n) is 6.01. The summed E-state index contributed by atoms with van der Waals surface area (Å²) >= 11 is 0. The van der Waals surface area contributed by atoms with Gasteiger partial charge in [0, 0.05) is 19.8 Å². The average Bonchev–Trinajstić information content (AvgIpc) is 3.28. The maximum Gasteiger partial charge on any atom is 0.245 e. The van der Waals surface area contributed by atoms with E-state index >= 15 is 0 Å². The molecule has 1 aromatic heterocycles. The first-order valence-electron chi connectivity index (χ1n) is 7.97. The smallest absolute Gasteiger partial charge is 0.245 e. The number of benzene rings is 1. The lowest BCUT2D eigenvalue weighted by Crippen LogP contribution is -2.35. The molecule has 116 valence electrons. The number of rotatable bonds is 3. The molecule has 0 radical (unpaired) electrons. The van der Waals surface area contributed by atoms with Crippen LogP contribution in [0, 0.1) is 0 Å². The van der Waals surface area contributed by atoms with Gasteiger partial charge in [-0.25, -0.2) is 0 Å². The Balaban J connectivity index is 1.72. The van der Waals surface area contributed by atoms with Crippen LogP contribution in [0.1, 0.15) is 49.1 Å². The van der Waals surface area contributed by atoms with Crippen molar-refractivity contribution in [2.24, 2.45) is 0 Å². The minimum atomic E-state index is -0.233. The fourth-order valence-electron chi connectivity index (χ4n) is 3.43. The molecule has 1 unspecified atom stereocenters. The molecule has 3 heterocycles. The Morgan fingerprint density at radius 2 is 1.82 bits per heavy atom. The van der Waals surface area contributed by atoms with Gasteiger partial charge in [-0.3, -0.25) is 0 Å². The minimum absolute atomic E-state index is 0.0334. The van der Waals surface area contributed by atoms with Crippen molar-refractivity contribution in [2.45, 2.75) is 37.2 Å². The van der Waals surface area contributed by atoms with Crippen LogP contribution in [0.5, 0.6) is 0 Å². The molecule has 0 bridgehead atoms. The van der Waals surface area contributed by atoms with Crippen molar-refractivity contribution < 1.29 is 13.9 Å². The number of hydrogen-bond acceptors (Lipinski definition) is 5. The van der Waals surface area contributed by atoms with Crippen LogP contribution in [0.3, 0.4) is 0 Å². The van der Waals surface area contributed by atoms with Gasteiger partial charge in [-0.2, -0.15) is 0 Å². The standard InChI is InChI=1S/C17H20N2O3/c1-2-5-13(6-3-1)17(8-11-20-12-9-17)16-19-18-15(22-16)14-7-4-10-21-14/h1-3,5-6,14H,4,7-12H2. The number of nitrogens with zero attached hydrogens (tertiary/aromatic N) is 2. The topological polar surface area (TPSA) is 57.4 Å². The van der Waals surface area contributed by atoms with Gasteiger partial charge in [0.05, 0.1) is 5.41 Å². The summed E-state index contributed by atoms with van der Waals surface area (Å²) in [5, 5.41) is 8.64. The van der Waals surface area contributed by atoms with Gasteiger partial charge < -0.3 is 13.9 Å². The second kappa shape index (κ2) is 5.82. The minimum Gasteiger partial charge on any atom is -0.421 e. The first kappa shape index (κ1) is 13.9. The monoisotopic (exact) mass is 300 g/mol. The highest BCUT2D eigenvalue weighted by molar-refractivity contribution is 5.32. The van der Waals surface area contributed by atoms with E-state index in [9.17, 15) is 0 Å². The van der Waals surface area contributed by atoms with E-state index in [2.05, 4.69) is 34.5 Å². The second-order valence-corrected chi connectivity index (χ2v) is 6.01. The average molecular weight is 300 g/mol. The van der Waals surface area contributed by atoms with Gasteiger partial charge in [0.2, 0.25) is 11.8 Å². The van der Waals surface area contributed by atoms with Crippen LogP contribution in [0.15, 0.2) is 34.7 Å². The van der Waals surface area contributed by atoms with Crippen molar-refractivity contribution in [3.05, 3.63) is 47.7 Å². The van der Waals surface area contributed by atoms with Crippen molar-refractivity contribution in [1.29, 1.82) is 0 Å². The van der Waals surface area contributed by atoms with Crippen molar-refractivity contribution in [3.63, 3.8) is 0 Å². The summed E-state index contributed by atoms with van der Waals surface area (Å²) in [6.45, 7) is 2.21. The molecule has 2 saturated heterocycles. The SMILES string of the molecule is c1ccc(C2(c3nnc(C4CCCO4)o3)CCOCC2)cc1. The van der Waals surface area contributed by atoms with E-state index in [1.807, 2.05) is 6.07 Å². The van der Waals surface area contributed by atoms with Crippen molar-refractivity contribution >= 4 is 0 Å². The maximum absolute atomic E-state index is 6.06. The van der Waals surface area contributed by atoms with Gasteiger partial charge in [0.25, 0.3) is 0 Å². The predicted octanol–water partition coefficient (Wildman–Crippen LogP) is 3.02. The predicted molar refractivity (Wildman–Crippen MR) is 79.5 cm³/mol. The Morgan fingerprint density at radius 1 is 1.00 bits per heavy atom. The molecule has 2 fully saturated rings. The molecule has 2 aromatic rings. The van der Waals surface area contributed by atoms with E-state index in [-0.39, 0.29) is 11.5 Å². The van der Waals surface area contributed by atoms with Crippen LogP contribution in [-0.2, 0) is 14.9 Å². The zero-order valence-electron chi connectivity index (χ0n) is 12.5. The molecule has 5 nitrogen and oxygen atoms in total. The number of hydrogen-bond donors (Lipinski definition) is 0. The van der Waals surface area contributed by atoms with Crippen LogP contribution in [0.2, 0.25) is 0 Å². The highest BCUT2D eigenvalue weighted by Crippen LogP contribution is 2.41. The fourth-order valence-corrected chi connectivity index (χ4v) is 3.43. The first-order chi connectivity index (χ1) is 10.9. The lowest BCUT2D eigenvalue weighted by Gasteiger charge is -2.34. The highest BCUT2D eigenvalue weighted by Gasteiger charge is 2.41. The Bertz CT molecular complexity index is 614. The quantitative estimate of drug-likeness (QED) is 0.872. The van der Waals surface area contributed by atoms with Gasteiger partial charge in [0.15, 0.2) is 0 Å². The molecule has 2 aliphatic heterocycles. The first-order valence-corrected chi connectivity index (χ1v) is 7.97. The van der Waals surface area contributed by atoms with E-state index in [1.165, 1.54) is 5.56 Å². The van der Waals surface area contributed by atoms with Crippen LogP contribution in [-0.4, -0.2) is 30.0 Å². The molecule has 0 aliphatic carbocycles. The van der Waals surface area contributed by atoms with Gasteiger partial charge in [-0.15, -0.1) is 10.2 Å². The van der Waals surface area contributed by atoms with Crippen molar-refractivity contribution in [3.8, 4) is 0 Å². The van der Waals surface area contributed by atoms with Crippen LogP contribution < -0.4 is 0 Å². The fraction of sp³-hybridized carbons (Fsp3) is 0.529. The number of aromatic nitrogens is 2. The zero-order valence-corrected chi connectivity index (χ0v) is 12.5. The van der Waals surface area contributed by atoms with Crippen molar-refractivity contribution in [2.75, 3.05) is 19.8 Å². The van der Waals surface area contributed by atoms with Gasteiger partial charge >= 0.3 is 0 Å². The van der Waals surface area contributed by atoms with Crippen LogP contribution >= 0.6 is 0 Å². The Kier molecular flexibility index (Phi) is 3.68. The van der Waals surface area contributed by atoms with Crippen LogP contribution in [0.25, 0.3) is 0 Å². The lowest BCUT2D eigenvalue weighted by atomic mass is 9.74. The molecular formula is C17H20N2O3. The van der Waals surface area contributed by atoms with E-state index in [4.69, 9.17) is 13.9 Å². The third kappa shape index (κ3) is 2.34. The molecule has 0 amide bonds. The van der Waals surface area contributed by atoms with E-state index in [0.29, 0.717) is 25.0 Å². The molecule has 4 rings (SSSR count). The Hall–Kier alpha value is -1.72. The molecule has 0 saturated carbocycles. The molecule has 1 atom stereocenters. The molecule has 5 heteroatoms. The summed E-state index contributed by atoms with van der Waals surface area (Å²) < 4.78 is 17.3. The summed E-state index contributed by atoms with van der Waals surface area (Å²) in [6, 6.07) is 10.4. The maximum atomic E-state index is 6.06.